The van der Waals surface area contributed by atoms with Crippen molar-refractivity contribution >= 4 is 32.5 Å². The van der Waals surface area contributed by atoms with Crippen LogP contribution in [0.4, 0.5) is 5.13 Å². The van der Waals surface area contributed by atoms with E-state index >= 15 is 0 Å². The highest BCUT2D eigenvalue weighted by atomic mass is 32.2. The third-order valence-corrected chi connectivity index (χ3v) is 4.56. The summed E-state index contributed by atoms with van der Waals surface area (Å²) in [6.45, 7) is 3.66. The van der Waals surface area contributed by atoms with Gasteiger partial charge in [0.2, 0.25) is 0 Å². The monoisotopic (exact) mass is 330 g/mol. The molecule has 8 nitrogen and oxygen atoms in total. The van der Waals surface area contributed by atoms with Gasteiger partial charge in [-0.15, -0.1) is 11.3 Å². The largest absolute Gasteiger partial charge is 0.466 e. The van der Waals surface area contributed by atoms with E-state index in [1.807, 2.05) is 0 Å². The van der Waals surface area contributed by atoms with Gasteiger partial charge < -0.3 is 9.72 Å². The van der Waals surface area contributed by atoms with Gasteiger partial charge in [0, 0.05) is 5.38 Å². The molecule has 2 aromatic heterocycles. The Balaban J connectivity index is 2.07. The van der Waals surface area contributed by atoms with E-state index in [0.29, 0.717) is 18.1 Å². The number of esters is 1. The van der Waals surface area contributed by atoms with Crippen molar-refractivity contribution in [3.63, 3.8) is 0 Å². The van der Waals surface area contributed by atoms with E-state index in [1.165, 1.54) is 6.20 Å². The maximum Gasteiger partial charge on any atom is 0.311 e. The summed E-state index contributed by atoms with van der Waals surface area (Å²) >= 11 is 1.09. The predicted molar refractivity (Wildman–Crippen MR) is 76.6 cm³/mol. The second-order valence-electron chi connectivity index (χ2n) is 4.06. The van der Waals surface area contributed by atoms with E-state index in [9.17, 15) is 13.2 Å². The van der Waals surface area contributed by atoms with Crippen molar-refractivity contribution < 1.29 is 17.9 Å². The summed E-state index contributed by atoms with van der Waals surface area (Å²) in [7, 11) is -3.75. The van der Waals surface area contributed by atoms with Crippen LogP contribution in [0.1, 0.15) is 18.4 Å². The fourth-order valence-corrected chi connectivity index (χ4v) is 3.43. The molecule has 0 saturated carbocycles. The Kier molecular flexibility index (Phi) is 4.58. The SMILES string of the molecule is CCOC(=O)Cc1csc(NS(=O)(=O)c2cnc(C)[nH]2)n1. The molecule has 0 aliphatic rings. The van der Waals surface area contributed by atoms with Crippen LogP contribution in [0.3, 0.4) is 0 Å². The van der Waals surface area contributed by atoms with Crippen LogP contribution in [0.15, 0.2) is 16.6 Å². The fraction of sp³-hybridized carbons (Fsp3) is 0.364. The number of aromatic amines is 1. The fourth-order valence-electron chi connectivity index (χ4n) is 1.50. The van der Waals surface area contributed by atoms with E-state index in [4.69, 9.17) is 4.74 Å². The first-order valence-electron chi connectivity index (χ1n) is 6.05. The van der Waals surface area contributed by atoms with E-state index in [1.54, 1.807) is 19.2 Å². The van der Waals surface area contributed by atoms with Gasteiger partial charge in [0.25, 0.3) is 10.0 Å². The number of imidazole rings is 1. The predicted octanol–water partition coefficient (Wildman–Crippen LogP) is 1.08. The summed E-state index contributed by atoms with van der Waals surface area (Å²) in [6, 6.07) is 0. The first-order chi connectivity index (χ1) is 9.90. The summed E-state index contributed by atoms with van der Waals surface area (Å²) in [4.78, 5) is 21.8. The summed E-state index contributed by atoms with van der Waals surface area (Å²) in [5.41, 5.74) is 0.456. The van der Waals surface area contributed by atoms with Crippen LogP contribution in [0, 0.1) is 6.92 Å². The van der Waals surface area contributed by atoms with Crippen LogP contribution in [-0.4, -0.2) is 35.9 Å². The normalized spacial score (nSPS) is 11.3. The highest BCUT2D eigenvalue weighted by Crippen LogP contribution is 2.19. The van der Waals surface area contributed by atoms with Crippen LogP contribution >= 0.6 is 11.3 Å². The molecular weight excluding hydrogens is 316 g/mol. The molecule has 114 valence electrons. The number of rotatable bonds is 6. The van der Waals surface area contributed by atoms with Gasteiger partial charge in [-0.05, 0) is 13.8 Å². The Morgan fingerprint density at radius 3 is 2.90 bits per heavy atom. The lowest BCUT2D eigenvalue weighted by Crippen LogP contribution is -2.13. The van der Waals surface area contributed by atoms with E-state index in [-0.39, 0.29) is 16.6 Å². The Bertz CT molecular complexity index is 735. The van der Waals surface area contributed by atoms with Crippen molar-refractivity contribution in [3.05, 3.63) is 23.1 Å². The topological polar surface area (TPSA) is 114 Å². The number of thiazole rings is 1. The van der Waals surface area contributed by atoms with Crippen molar-refractivity contribution in [1.29, 1.82) is 0 Å². The minimum atomic E-state index is -3.75. The maximum atomic E-state index is 12.0. The van der Waals surface area contributed by atoms with Crippen LogP contribution in [0.25, 0.3) is 0 Å². The van der Waals surface area contributed by atoms with Crippen molar-refractivity contribution in [3.8, 4) is 0 Å². The van der Waals surface area contributed by atoms with Gasteiger partial charge in [0.1, 0.15) is 5.82 Å². The minimum Gasteiger partial charge on any atom is -0.466 e. The molecule has 10 heteroatoms. The number of nitrogens with one attached hydrogen (secondary N) is 2. The Labute approximate surface area is 125 Å². The number of anilines is 1. The van der Waals surface area contributed by atoms with Gasteiger partial charge in [-0.1, -0.05) is 0 Å². The Morgan fingerprint density at radius 2 is 2.29 bits per heavy atom. The minimum absolute atomic E-state index is 0.00916. The van der Waals surface area contributed by atoms with Gasteiger partial charge in [0.15, 0.2) is 10.2 Å². The molecule has 0 radical (unpaired) electrons. The zero-order valence-electron chi connectivity index (χ0n) is 11.4. The smallest absolute Gasteiger partial charge is 0.311 e. The van der Waals surface area contributed by atoms with Crippen molar-refractivity contribution in [1.82, 2.24) is 15.0 Å². The second-order valence-corrected chi connectivity index (χ2v) is 6.57. The molecule has 0 saturated heterocycles. The lowest BCUT2D eigenvalue weighted by atomic mass is 10.3. The van der Waals surface area contributed by atoms with Gasteiger partial charge in [0.05, 0.1) is 24.9 Å². The molecule has 2 rings (SSSR count). The number of H-pyrrole nitrogens is 1. The molecule has 2 aromatic rings. The molecule has 0 aliphatic carbocycles. The van der Waals surface area contributed by atoms with Gasteiger partial charge >= 0.3 is 5.97 Å². The molecule has 0 aliphatic heterocycles. The number of ether oxygens (including phenoxy) is 1. The number of hydrogen-bond donors (Lipinski definition) is 2. The maximum absolute atomic E-state index is 12.0. The number of sulfonamides is 1. The zero-order valence-corrected chi connectivity index (χ0v) is 13.0. The van der Waals surface area contributed by atoms with E-state index in [2.05, 4.69) is 19.7 Å². The average molecular weight is 330 g/mol. The third kappa shape index (κ3) is 4.02. The lowest BCUT2D eigenvalue weighted by Gasteiger charge is -2.01. The Morgan fingerprint density at radius 1 is 1.52 bits per heavy atom. The lowest BCUT2D eigenvalue weighted by molar-refractivity contribution is -0.142. The first kappa shape index (κ1) is 15.4. The van der Waals surface area contributed by atoms with Crippen molar-refractivity contribution in [2.45, 2.75) is 25.3 Å². The van der Waals surface area contributed by atoms with Crippen LogP contribution in [0.5, 0.6) is 0 Å². The van der Waals surface area contributed by atoms with Crippen molar-refractivity contribution in [2.24, 2.45) is 0 Å². The number of carbonyl (C=O) groups is 1. The number of aromatic nitrogens is 3. The summed E-state index contributed by atoms with van der Waals surface area (Å²) < 4.78 is 31.2. The number of carbonyl (C=O) groups excluding carboxylic acids is 1. The van der Waals surface area contributed by atoms with Crippen LogP contribution in [-0.2, 0) is 26.0 Å². The highest BCUT2D eigenvalue weighted by Gasteiger charge is 2.19. The molecule has 2 N–H and O–H groups in total. The second kappa shape index (κ2) is 6.22. The molecule has 0 spiro atoms. The van der Waals surface area contributed by atoms with Gasteiger partial charge in [-0.25, -0.2) is 9.97 Å². The summed E-state index contributed by atoms with van der Waals surface area (Å²) in [5, 5.41) is 1.75. The van der Waals surface area contributed by atoms with E-state index in [0.717, 1.165) is 11.3 Å². The Hall–Kier alpha value is -1.94. The van der Waals surface area contributed by atoms with Crippen molar-refractivity contribution in [2.75, 3.05) is 11.3 Å². The number of nitrogens with zero attached hydrogens (tertiary/aromatic N) is 2. The molecule has 0 bridgehead atoms. The zero-order chi connectivity index (χ0) is 15.5. The standard InChI is InChI=1S/C11H14N4O4S2/c1-3-19-10(16)4-8-6-20-11(14-8)15-21(17,18)9-5-12-7(2)13-9/h5-6H,3-4H2,1-2H3,(H,12,13)(H,14,15). The molecule has 0 unspecified atom stereocenters. The molecule has 0 fully saturated rings. The highest BCUT2D eigenvalue weighted by molar-refractivity contribution is 7.92. The van der Waals surface area contributed by atoms with Gasteiger partial charge in [-0.3, -0.25) is 9.52 Å². The number of hydrogen-bond acceptors (Lipinski definition) is 7. The van der Waals surface area contributed by atoms with Gasteiger partial charge in [-0.2, -0.15) is 8.42 Å². The molecule has 0 atom stereocenters. The van der Waals surface area contributed by atoms with E-state index < -0.39 is 16.0 Å². The van der Waals surface area contributed by atoms with Crippen LogP contribution in [0.2, 0.25) is 0 Å². The number of aryl methyl sites for hydroxylation is 1. The quantitative estimate of drug-likeness (QED) is 0.766. The summed E-state index contributed by atoms with van der Waals surface area (Å²) in [5.74, 6) is 0.0962. The van der Waals surface area contributed by atoms with Crippen LogP contribution < -0.4 is 4.72 Å². The first-order valence-corrected chi connectivity index (χ1v) is 8.41. The third-order valence-electron chi connectivity index (χ3n) is 2.37. The summed E-state index contributed by atoms with van der Waals surface area (Å²) in [6.07, 6.45) is 1.24. The molecule has 0 amide bonds. The average Bonchev–Trinajstić information content (AvgIpc) is 2.99. The molecule has 2 heterocycles. The molecule has 21 heavy (non-hydrogen) atoms. The molecule has 0 aromatic carbocycles. The molecular formula is C11H14N4O4S2.